The molecule has 1 aliphatic heterocycles. The molecular weight excluding hydrogens is 335 g/mol. The summed E-state index contributed by atoms with van der Waals surface area (Å²) in [5, 5.41) is 6.44. The fourth-order valence-electron chi connectivity index (χ4n) is 2.92. The summed E-state index contributed by atoms with van der Waals surface area (Å²) in [6.07, 6.45) is -4.13. The number of carbonyl (C=O) groups is 1. The van der Waals surface area contributed by atoms with Crippen LogP contribution in [0.5, 0.6) is 0 Å². The molecule has 1 N–H and O–H groups in total. The molecule has 0 bridgehead atoms. The highest BCUT2D eigenvalue weighted by Gasteiger charge is 2.39. The number of halogens is 3. The van der Waals surface area contributed by atoms with Crippen molar-refractivity contribution >= 4 is 5.91 Å². The first-order valence-corrected chi connectivity index (χ1v) is 7.95. The Balaban J connectivity index is 1.71. The maximum atomic E-state index is 13.1. The van der Waals surface area contributed by atoms with Crippen molar-refractivity contribution in [2.24, 2.45) is 0 Å². The highest BCUT2D eigenvalue weighted by molar-refractivity contribution is 5.95. The molecule has 1 aromatic heterocycles. The average molecular weight is 353 g/mol. The minimum atomic E-state index is -4.51. The maximum Gasteiger partial charge on any atom is 0.435 e. The monoisotopic (exact) mass is 353 g/mol. The van der Waals surface area contributed by atoms with Crippen LogP contribution >= 0.6 is 0 Å². The van der Waals surface area contributed by atoms with Crippen molar-refractivity contribution in [3.8, 4) is 0 Å². The molecule has 0 atom stereocenters. The lowest BCUT2D eigenvalue weighted by atomic mass is 10.1. The SMILES string of the molecule is Cc1ccccc1C(=O)NCCn1nc(C(F)(F)F)c2c1CCOC2. The Bertz CT molecular complexity index is 784. The summed E-state index contributed by atoms with van der Waals surface area (Å²) in [6.45, 7) is 2.48. The molecule has 0 saturated carbocycles. The van der Waals surface area contributed by atoms with Crippen molar-refractivity contribution in [3.63, 3.8) is 0 Å². The van der Waals surface area contributed by atoms with E-state index in [1.54, 1.807) is 12.1 Å². The van der Waals surface area contributed by atoms with Crippen molar-refractivity contribution in [2.75, 3.05) is 13.2 Å². The highest BCUT2D eigenvalue weighted by Crippen LogP contribution is 2.34. The van der Waals surface area contributed by atoms with Crippen LogP contribution in [0.2, 0.25) is 0 Å². The van der Waals surface area contributed by atoms with Gasteiger partial charge in [0.1, 0.15) is 0 Å². The topological polar surface area (TPSA) is 56.2 Å². The fraction of sp³-hybridized carbons (Fsp3) is 0.412. The number of carbonyl (C=O) groups excluding carboxylic acids is 1. The first-order valence-electron chi connectivity index (χ1n) is 7.95. The van der Waals surface area contributed by atoms with Gasteiger partial charge in [-0.1, -0.05) is 18.2 Å². The number of rotatable bonds is 4. The van der Waals surface area contributed by atoms with Crippen molar-refractivity contribution in [3.05, 3.63) is 52.3 Å². The summed E-state index contributed by atoms with van der Waals surface area (Å²) in [4.78, 5) is 12.2. The Labute approximate surface area is 142 Å². The summed E-state index contributed by atoms with van der Waals surface area (Å²) >= 11 is 0. The molecule has 8 heteroatoms. The molecule has 5 nitrogen and oxygen atoms in total. The number of benzene rings is 1. The minimum absolute atomic E-state index is 0.0836. The molecule has 0 radical (unpaired) electrons. The van der Waals surface area contributed by atoms with Crippen LogP contribution in [0.4, 0.5) is 13.2 Å². The molecule has 0 aliphatic carbocycles. The molecule has 0 saturated heterocycles. The van der Waals surface area contributed by atoms with Gasteiger partial charge >= 0.3 is 6.18 Å². The minimum Gasteiger partial charge on any atom is -0.376 e. The molecule has 0 unspecified atom stereocenters. The van der Waals surface area contributed by atoms with Gasteiger partial charge in [-0.05, 0) is 18.6 Å². The van der Waals surface area contributed by atoms with Gasteiger partial charge in [0.25, 0.3) is 5.91 Å². The molecular formula is C17H18F3N3O2. The van der Waals surface area contributed by atoms with Gasteiger partial charge in [-0.15, -0.1) is 0 Å². The summed E-state index contributed by atoms with van der Waals surface area (Å²) in [5.74, 6) is -0.251. The lowest BCUT2D eigenvalue weighted by Crippen LogP contribution is -2.29. The van der Waals surface area contributed by atoms with Crippen molar-refractivity contribution in [1.82, 2.24) is 15.1 Å². The molecule has 2 heterocycles. The first kappa shape index (κ1) is 17.5. The van der Waals surface area contributed by atoms with Crippen LogP contribution in [0.1, 0.15) is 32.9 Å². The van der Waals surface area contributed by atoms with E-state index in [0.717, 1.165) is 5.56 Å². The number of fused-ring (bicyclic) bond motifs is 1. The molecule has 1 aromatic carbocycles. The van der Waals surface area contributed by atoms with E-state index in [2.05, 4.69) is 10.4 Å². The molecule has 1 aliphatic rings. The number of nitrogens with zero attached hydrogens (tertiary/aromatic N) is 2. The normalized spacial score (nSPS) is 14.2. The van der Waals surface area contributed by atoms with E-state index in [9.17, 15) is 18.0 Å². The number of aryl methyl sites for hydroxylation is 1. The van der Waals surface area contributed by atoms with Crippen molar-refractivity contribution < 1.29 is 22.7 Å². The number of alkyl halides is 3. The maximum absolute atomic E-state index is 13.1. The average Bonchev–Trinajstić information content (AvgIpc) is 2.94. The lowest BCUT2D eigenvalue weighted by Gasteiger charge is -2.15. The number of amides is 1. The third-order valence-corrected chi connectivity index (χ3v) is 4.16. The molecule has 0 fully saturated rings. The number of hydrogen-bond acceptors (Lipinski definition) is 3. The van der Waals surface area contributed by atoms with Gasteiger partial charge in [-0.3, -0.25) is 9.48 Å². The predicted molar refractivity (Wildman–Crippen MR) is 84.1 cm³/mol. The van der Waals surface area contributed by atoms with E-state index < -0.39 is 11.9 Å². The van der Waals surface area contributed by atoms with Gasteiger partial charge < -0.3 is 10.1 Å². The fourth-order valence-corrected chi connectivity index (χ4v) is 2.92. The van der Waals surface area contributed by atoms with E-state index in [4.69, 9.17) is 4.74 Å². The third-order valence-electron chi connectivity index (χ3n) is 4.16. The number of hydrogen-bond donors (Lipinski definition) is 1. The second-order valence-electron chi connectivity index (χ2n) is 5.87. The zero-order valence-corrected chi connectivity index (χ0v) is 13.7. The van der Waals surface area contributed by atoms with Crippen molar-refractivity contribution in [2.45, 2.75) is 32.7 Å². The van der Waals surface area contributed by atoms with Gasteiger partial charge in [0, 0.05) is 29.8 Å². The summed E-state index contributed by atoms with van der Waals surface area (Å²) < 4.78 is 45.8. The Morgan fingerprint density at radius 3 is 2.84 bits per heavy atom. The van der Waals surface area contributed by atoms with Crippen LogP contribution < -0.4 is 5.32 Å². The molecule has 1 amide bonds. The van der Waals surface area contributed by atoms with Crippen LogP contribution in [0.15, 0.2) is 24.3 Å². The largest absolute Gasteiger partial charge is 0.435 e. The quantitative estimate of drug-likeness (QED) is 0.920. The third kappa shape index (κ3) is 3.68. The van der Waals surface area contributed by atoms with E-state index in [-0.39, 0.29) is 31.2 Å². The molecule has 134 valence electrons. The second kappa shape index (κ2) is 6.87. The Hall–Kier alpha value is -2.35. The van der Waals surface area contributed by atoms with E-state index in [0.29, 0.717) is 24.3 Å². The van der Waals surface area contributed by atoms with E-state index in [1.165, 1.54) is 4.68 Å². The molecule has 0 spiro atoms. The summed E-state index contributed by atoms with van der Waals surface area (Å²) in [7, 11) is 0. The van der Waals surface area contributed by atoms with Crippen LogP contribution in [0, 0.1) is 6.92 Å². The molecule has 25 heavy (non-hydrogen) atoms. The van der Waals surface area contributed by atoms with Crippen LogP contribution in [0.25, 0.3) is 0 Å². The van der Waals surface area contributed by atoms with Gasteiger partial charge in [-0.25, -0.2) is 0 Å². The zero-order valence-electron chi connectivity index (χ0n) is 13.7. The van der Waals surface area contributed by atoms with E-state index in [1.807, 2.05) is 19.1 Å². The Kier molecular flexibility index (Phi) is 4.80. The lowest BCUT2D eigenvalue weighted by molar-refractivity contribution is -0.142. The van der Waals surface area contributed by atoms with Crippen LogP contribution in [-0.4, -0.2) is 28.8 Å². The second-order valence-corrected chi connectivity index (χ2v) is 5.87. The van der Waals surface area contributed by atoms with Crippen LogP contribution in [0.3, 0.4) is 0 Å². The summed E-state index contributed by atoms with van der Waals surface area (Å²) in [6, 6.07) is 7.14. The number of ether oxygens (including phenoxy) is 1. The first-order chi connectivity index (χ1) is 11.9. The highest BCUT2D eigenvalue weighted by atomic mass is 19.4. The van der Waals surface area contributed by atoms with Crippen molar-refractivity contribution in [1.29, 1.82) is 0 Å². The smallest absolute Gasteiger partial charge is 0.376 e. The predicted octanol–water partition coefficient (Wildman–Crippen LogP) is 2.71. The number of nitrogens with one attached hydrogen (secondary N) is 1. The van der Waals surface area contributed by atoms with Gasteiger partial charge in [0.05, 0.1) is 19.8 Å². The Morgan fingerprint density at radius 1 is 1.36 bits per heavy atom. The van der Waals surface area contributed by atoms with Gasteiger partial charge in [0.2, 0.25) is 0 Å². The number of aromatic nitrogens is 2. The standard InChI is InChI=1S/C17H18F3N3O2/c1-11-4-2-3-5-12(11)16(24)21-7-8-23-14-6-9-25-10-13(14)15(22-23)17(18,19)20/h2-5H,6-10H2,1H3,(H,21,24). The van der Waals surface area contributed by atoms with Gasteiger partial charge in [-0.2, -0.15) is 18.3 Å². The summed E-state index contributed by atoms with van der Waals surface area (Å²) in [5.41, 5.74) is 1.13. The zero-order chi connectivity index (χ0) is 18.0. The van der Waals surface area contributed by atoms with E-state index >= 15 is 0 Å². The van der Waals surface area contributed by atoms with Gasteiger partial charge in [0.15, 0.2) is 5.69 Å². The molecule has 3 rings (SSSR count). The van der Waals surface area contributed by atoms with Crippen LogP contribution in [-0.2, 0) is 30.5 Å². The molecule has 2 aromatic rings. The Morgan fingerprint density at radius 2 is 2.12 bits per heavy atom.